The van der Waals surface area contributed by atoms with Gasteiger partial charge in [0.1, 0.15) is 35.6 Å². The summed E-state index contributed by atoms with van der Waals surface area (Å²) in [4.78, 5) is 10.9. The molecule has 1 atom stereocenters. The van der Waals surface area contributed by atoms with Crippen LogP contribution in [0.4, 0.5) is 15.9 Å². The number of terminal acetylenes is 1. The number of hydrogen-bond acceptors (Lipinski definition) is 7. The van der Waals surface area contributed by atoms with Crippen LogP contribution in [0.15, 0.2) is 36.7 Å². The Kier molecular flexibility index (Phi) is 8.01. The molecule has 7 nitrogen and oxygen atoms in total. The summed E-state index contributed by atoms with van der Waals surface area (Å²) in [6.07, 6.45) is 8.34. The van der Waals surface area contributed by atoms with Gasteiger partial charge in [-0.05, 0) is 31.7 Å². The molecule has 2 aromatic carbocycles. The molecular formula is C25H26ClFN4O3. The van der Waals surface area contributed by atoms with E-state index in [1.165, 1.54) is 18.5 Å². The highest BCUT2D eigenvalue weighted by Gasteiger charge is 2.21. The molecule has 1 fully saturated rings. The summed E-state index contributed by atoms with van der Waals surface area (Å²) in [7, 11) is 1.98. The molecule has 1 aliphatic rings. The van der Waals surface area contributed by atoms with E-state index >= 15 is 0 Å². The summed E-state index contributed by atoms with van der Waals surface area (Å²) in [6, 6.07) is 8.09. The van der Waals surface area contributed by atoms with Gasteiger partial charge >= 0.3 is 0 Å². The number of aromatic nitrogens is 2. The smallest absolute Gasteiger partial charge is 0.145 e. The van der Waals surface area contributed by atoms with E-state index in [2.05, 4.69) is 26.1 Å². The summed E-state index contributed by atoms with van der Waals surface area (Å²) in [6.45, 7) is 3.12. The molecule has 0 bridgehead atoms. The summed E-state index contributed by atoms with van der Waals surface area (Å²) < 4.78 is 31.4. The second-order valence-corrected chi connectivity index (χ2v) is 8.45. The molecule has 9 heteroatoms. The van der Waals surface area contributed by atoms with E-state index in [1.54, 1.807) is 6.07 Å². The molecule has 1 N–H and O–H groups in total. The van der Waals surface area contributed by atoms with Crippen LogP contribution in [-0.2, 0) is 4.74 Å². The van der Waals surface area contributed by atoms with Gasteiger partial charge < -0.3 is 19.5 Å². The topological polar surface area (TPSA) is 68.7 Å². The number of fused-ring (bicyclic) bond motifs is 1. The van der Waals surface area contributed by atoms with E-state index in [0.29, 0.717) is 60.3 Å². The normalized spacial score (nSPS) is 15.4. The zero-order valence-corrected chi connectivity index (χ0v) is 19.6. The maximum atomic E-state index is 13.6. The molecular weight excluding hydrogens is 459 g/mol. The highest BCUT2D eigenvalue weighted by molar-refractivity contribution is 6.31. The summed E-state index contributed by atoms with van der Waals surface area (Å²) in [5, 5.41) is 3.91. The molecule has 178 valence electrons. The zero-order valence-electron chi connectivity index (χ0n) is 18.9. The van der Waals surface area contributed by atoms with E-state index in [1.807, 2.05) is 19.2 Å². The Hall–Kier alpha value is -3.12. The number of nitrogens with zero attached hydrogens (tertiary/aromatic N) is 3. The van der Waals surface area contributed by atoms with Gasteiger partial charge in [-0.15, -0.1) is 6.42 Å². The summed E-state index contributed by atoms with van der Waals surface area (Å²) >= 11 is 5.95. The average molecular weight is 485 g/mol. The maximum absolute atomic E-state index is 13.6. The molecule has 3 aromatic rings. The number of benzene rings is 2. The minimum atomic E-state index is -0.489. The van der Waals surface area contributed by atoms with Gasteiger partial charge in [0.2, 0.25) is 0 Å². The number of ether oxygens (including phenoxy) is 3. The van der Waals surface area contributed by atoms with E-state index in [-0.39, 0.29) is 11.1 Å². The highest BCUT2D eigenvalue weighted by Crippen LogP contribution is 2.37. The number of hydrogen-bond donors (Lipinski definition) is 1. The molecule has 1 unspecified atom stereocenters. The van der Waals surface area contributed by atoms with E-state index in [0.717, 1.165) is 19.4 Å². The first-order valence-electron chi connectivity index (χ1n) is 11.0. The van der Waals surface area contributed by atoms with Crippen LogP contribution in [0.1, 0.15) is 12.8 Å². The molecule has 0 spiro atoms. The number of halogens is 2. The van der Waals surface area contributed by atoms with Crippen molar-refractivity contribution in [1.29, 1.82) is 0 Å². The minimum absolute atomic E-state index is 0.0199. The minimum Gasteiger partial charge on any atom is -0.493 e. The van der Waals surface area contributed by atoms with Gasteiger partial charge in [-0.1, -0.05) is 17.5 Å². The van der Waals surface area contributed by atoms with Gasteiger partial charge in [0, 0.05) is 30.8 Å². The maximum Gasteiger partial charge on any atom is 0.145 e. The van der Waals surface area contributed by atoms with Crippen molar-refractivity contribution in [2.24, 2.45) is 0 Å². The quantitative estimate of drug-likeness (QED) is 0.331. The molecule has 1 saturated heterocycles. The molecule has 2 heterocycles. The van der Waals surface area contributed by atoms with Crippen LogP contribution in [-0.4, -0.2) is 60.9 Å². The largest absolute Gasteiger partial charge is 0.493 e. The fraction of sp³-hybridized carbons (Fsp3) is 0.360. The molecule has 0 amide bonds. The van der Waals surface area contributed by atoms with Crippen LogP contribution in [0, 0.1) is 18.2 Å². The predicted molar refractivity (Wildman–Crippen MR) is 131 cm³/mol. The summed E-state index contributed by atoms with van der Waals surface area (Å²) in [5.74, 6) is 3.89. The first kappa shape index (κ1) is 24.0. The lowest BCUT2D eigenvalue weighted by Gasteiger charge is -2.18. The van der Waals surface area contributed by atoms with Crippen LogP contribution in [0.3, 0.4) is 0 Å². The third-order valence-corrected chi connectivity index (χ3v) is 5.64. The Bertz CT molecular complexity index is 1180. The lowest BCUT2D eigenvalue weighted by atomic mass is 10.2. The van der Waals surface area contributed by atoms with Crippen LogP contribution >= 0.6 is 11.6 Å². The first-order valence-corrected chi connectivity index (χ1v) is 11.4. The van der Waals surface area contributed by atoms with Gasteiger partial charge in [-0.3, -0.25) is 4.90 Å². The Morgan fingerprint density at radius 1 is 1.32 bits per heavy atom. The second kappa shape index (κ2) is 11.3. The van der Waals surface area contributed by atoms with Crippen molar-refractivity contribution in [3.8, 4) is 23.8 Å². The van der Waals surface area contributed by atoms with Crippen LogP contribution in [0.25, 0.3) is 10.9 Å². The van der Waals surface area contributed by atoms with Gasteiger partial charge in [0.25, 0.3) is 0 Å². The van der Waals surface area contributed by atoms with Crippen molar-refractivity contribution in [3.63, 3.8) is 0 Å². The number of rotatable bonds is 10. The van der Waals surface area contributed by atoms with Crippen molar-refractivity contribution in [3.05, 3.63) is 47.5 Å². The lowest BCUT2D eigenvalue weighted by Crippen LogP contribution is -2.21. The molecule has 34 heavy (non-hydrogen) atoms. The fourth-order valence-corrected chi connectivity index (χ4v) is 3.84. The van der Waals surface area contributed by atoms with Gasteiger partial charge in [0.05, 0.1) is 42.3 Å². The highest BCUT2D eigenvalue weighted by atomic mass is 35.5. The molecule has 0 aliphatic carbocycles. The predicted octanol–water partition coefficient (Wildman–Crippen LogP) is 4.67. The third-order valence-electron chi connectivity index (χ3n) is 5.35. The second-order valence-electron chi connectivity index (χ2n) is 8.04. The van der Waals surface area contributed by atoms with Crippen molar-refractivity contribution in [1.82, 2.24) is 14.9 Å². The van der Waals surface area contributed by atoms with Crippen LogP contribution < -0.4 is 14.8 Å². The Morgan fingerprint density at radius 3 is 2.97 bits per heavy atom. The Balaban J connectivity index is 1.60. The molecule has 4 rings (SSSR count). The monoisotopic (exact) mass is 484 g/mol. The Morgan fingerprint density at radius 2 is 2.21 bits per heavy atom. The zero-order chi connectivity index (χ0) is 23.9. The fourth-order valence-electron chi connectivity index (χ4n) is 3.66. The van der Waals surface area contributed by atoms with Crippen LogP contribution in [0.5, 0.6) is 11.5 Å². The van der Waals surface area contributed by atoms with Crippen molar-refractivity contribution in [2.75, 3.05) is 45.3 Å². The van der Waals surface area contributed by atoms with E-state index < -0.39 is 5.82 Å². The third kappa shape index (κ3) is 6.06. The van der Waals surface area contributed by atoms with E-state index in [4.69, 9.17) is 32.2 Å². The summed E-state index contributed by atoms with van der Waals surface area (Å²) in [5.41, 5.74) is 1.25. The van der Waals surface area contributed by atoms with Gasteiger partial charge in [0.15, 0.2) is 0 Å². The molecule has 1 aromatic heterocycles. The Labute approximate surface area is 203 Å². The number of anilines is 2. The number of nitrogens with one attached hydrogen (secondary N) is 1. The SMILES string of the molecule is C#CCN(C)CCCOc1cc(OC2CCOC2)c2c(Nc3ccc(F)c(Cl)c3)ncnc2c1. The lowest BCUT2D eigenvalue weighted by molar-refractivity contribution is 0.142. The van der Waals surface area contributed by atoms with Gasteiger partial charge in [-0.25, -0.2) is 14.4 Å². The first-order chi connectivity index (χ1) is 16.5. The average Bonchev–Trinajstić information content (AvgIpc) is 3.32. The van der Waals surface area contributed by atoms with Crippen molar-refractivity contribution in [2.45, 2.75) is 18.9 Å². The van der Waals surface area contributed by atoms with Crippen molar-refractivity contribution >= 4 is 34.0 Å². The molecule has 0 radical (unpaired) electrons. The van der Waals surface area contributed by atoms with Gasteiger partial charge in [-0.2, -0.15) is 0 Å². The standard InChI is InChI=1S/C25H26ClFN4O3/c1-3-8-31(2)9-4-10-33-19-13-22-24(23(14-19)34-18-7-11-32-15-18)25(29-16-28-22)30-17-5-6-21(27)20(26)12-17/h1,5-6,12-14,16,18H,4,7-11,15H2,2H3,(H,28,29,30). The van der Waals surface area contributed by atoms with Crippen molar-refractivity contribution < 1.29 is 18.6 Å². The molecule has 0 saturated carbocycles. The van der Waals surface area contributed by atoms with E-state index in [9.17, 15) is 4.39 Å². The molecule has 1 aliphatic heterocycles. The van der Waals surface area contributed by atoms with Crippen LogP contribution in [0.2, 0.25) is 5.02 Å².